The summed E-state index contributed by atoms with van der Waals surface area (Å²) in [5.41, 5.74) is 2.56. The lowest BCUT2D eigenvalue weighted by molar-refractivity contribution is 0.411. The third-order valence-corrected chi connectivity index (χ3v) is 2.10. The van der Waals surface area contributed by atoms with Gasteiger partial charge < -0.3 is 0 Å². The Bertz CT molecular complexity index is 437. The molecule has 0 atom stereocenters. The molecule has 0 aliphatic carbocycles. The van der Waals surface area contributed by atoms with Crippen LogP contribution in [0.3, 0.4) is 0 Å². The molecule has 0 spiro atoms. The standard InChI is InChI=1S/C11H15N3/c1-11(2,3)7-9-4-5-14-8-12-13-10(14)6-9/h4-6,8H,7H2,1-3H3. The summed E-state index contributed by atoms with van der Waals surface area (Å²) >= 11 is 0. The molecular weight excluding hydrogens is 174 g/mol. The van der Waals surface area contributed by atoms with Gasteiger partial charge >= 0.3 is 0 Å². The maximum Gasteiger partial charge on any atom is 0.160 e. The van der Waals surface area contributed by atoms with Crippen molar-refractivity contribution < 1.29 is 0 Å². The molecule has 0 unspecified atom stereocenters. The largest absolute Gasteiger partial charge is 0.289 e. The fraction of sp³-hybridized carbons (Fsp3) is 0.455. The summed E-state index contributed by atoms with van der Waals surface area (Å²) in [7, 11) is 0. The molecule has 3 heteroatoms. The fourth-order valence-electron chi connectivity index (χ4n) is 1.58. The minimum Gasteiger partial charge on any atom is -0.289 e. The third-order valence-electron chi connectivity index (χ3n) is 2.10. The van der Waals surface area contributed by atoms with E-state index in [0.717, 1.165) is 12.1 Å². The van der Waals surface area contributed by atoms with Gasteiger partial charge in [0.05, 0.1) is 0 Å². The van der Waals surface area contributed by atoms with Gasteiger partial charge in [-0.2, -0.15) is 0 Å². The molecule has 14 heavy (non-hydrogen) atoms. The molecular formula is C11H15N3. The van der Waals surface area contributed by atoms with E-state index >= 15 is 0 Å². The first-order chi connectivity index (χ1) is 6.54. The lowest BCUT2D eigenvalue weighted by Gasteiger charge is -2.17. The van der Waals surface area contributed by atoms with Crippen molar-refractivity contribution in [1.82, 2.24) is 14.6 Å². The van der Waals surface area contributed by atoms with Gasteiger partial charge in [0.25, 0.3) is 0 Å². The number of hydrogen-bond donors (Lipinski definition) is 0. The van der Waals surface area contributed by atoms with E-state index < -0.39 is 0 Å². The number of hydrogen-bond acceptors (Lipinski definition) is 2. The Labute approximate surface area is 83.8 Å². The molecule has 0 radical (unpaired) electrons. The summed E-state index contributed by atoms with van der Waals surface area (Å²) in [6, 6.07) is 4.22. The molecule has 0 aliphatic rings. The lowest BCUT2D eigenvalue weighted by atomic mass is 9.88. The lowest BCUT2D eigenvalue weighted by Crippen LogP contribution is -2.09. The summed E-state index contributed by atoms with van der Waals surface area (Å²) in [6.45, 7) is 6.71. The maximum atomic E-state index is 4.02. The highest BCUT2D eigenvalue weighted by molar-refractivity contribution is 5.39. The van der Waals surface area contributed by atoms with E-state index in [0.29, 0.717) is 5.41 Å². The zero-order valence-electron chi connectivity index (χ0n) is 8.86. The molecule has 3 nitrogen and oxygen atoms in total. The van der Waals surface area contributed by atoms with E-state index in [1.807, 2.05) is 10.6 Å². The van der Waals surface area contributed by atoms with Crippen LogP contribution < -0.4 is 0 Å². The highest BCUT2D eigenvalue weighted by Gasteiger charge is 2.11. The Kier molecular flexibility index (Phi) is 2.02. The quantitative estimate of drug-likeness (QED) is 0.689. The van der Waals surface area contributed by atoms with Crippen molar-refractivity contribution in [1.29, 1.82) is 0 Å². The summed E-state index contributed by atoms with van der Waals surface area (Å²) in [4.78, 5) is 0. The van der Waals surface area contributed by atoms with Crippen molar-refractivity contribution >= 4 is 5.65 Å². The first kappa shape index (κ1) is 9.19. The van der Waals surface area contributed by atoms with Crippen LogP contribution >= 0.6 is 0 Å². The number of rotatable bonds is 1. The van der Waals surface area contributed by atoms with E-state index in [1.54, 1.807) is 6.33 Å². The number of aromatic nitrogens is 3. The van der Waals surface area contributed by atoms with Gasteiger partial charge in [-0.05, 0) is 29.5 Å². The maximum absolute atomic E-state index is 4.02. The molecule has 0 aliphatic heterocycles. The first-order valence-electron chi connectivity index (χ1n) is 4.83. The molecule has 2 heterocycles. The van der Waals surface area contributed by atoms with Gasteiger partial charge in [-0.15, -0.1) is 10.2 Å². The zero-order chi connectivity index (χ0) is 10.2. The Morgan fingerprint density at radius 1 is 1.36 bits per heavy atom. The minimum atomic E-state index is 0.318. The van der Waals surface area contributed by atoms with Crippen LogP contribution in [0, 0.1) is 5.41 Å². The van der Waals surface area contributed by atoms with Gasteiger partial charge in [-0.25, -0.2) is 0 Å². The molecule has 2 rings (SSSR count). The summed E-state index contributed by atoms with van der Waals surface area (Å²) in [6.07, 6.45) is 4.79. The van der Waals surface area contributed by atoms with Gasteiger partial charge in [0.15, 0.2) is 5.65 Å². The smallest absolute Gasteiger partial charge is 0.160 e. The molecule has 0 saturated carbocycles. The van der Waals surface area contributed by atoms with Crippen molar-refractivity contribution in [2.24, 2.45) is 5.41 Å². The molecule has 0 N–H and O–H groups in total. The number of nitrogens with zero attached hydrogens (tertiary/aromatic N) is 3. The van der Waals surface area contributed by atoms with E-state index in [4.69, 9.17) is 0 Å². The highest BCUT2D eigenvalue weighted by atomic mass is 15.2. The number of fused-ring (bicyclic) bond motifs is 1. The van der Waals surface area contributed by atoms with E-state index in [1.165, 1.54) is 5.56 Å². The monoisotopic (exact) mass is 189 g/mol. The van der Waals surface area contributed by atoms with Crippen LogP contribution in [0.4, 0.5) is 0 Å². The average molecular weight is 189 g/mol. The molecule has 0 amide bonds. The Balaban J connectivity index is 2.35. The molecule has 2 aromatic heterocycles. The molecule has 0 aromatic carbocycles. The van der Waals surface area contributed by atoms with Crippen LogP contribution in [-0.4, -0.2) is 14.6 Å². The summed E-state index contributed by atoms with van der Waals surface area (Å²) < 4.78 is 1.92. The van der Waals surface area contributed by atoms with Gasteiger partial charge in [0.2, 0.25) is 0 Å². The Hall–Kier alpha value is -1.38. The zero-order valence-corrected chi connectivity index (χ0v) is 8.86. The fourth-order valence-corrected chi connectivity index (χ4v) is 1.58. The average Bonchev–Trinajstić information content (AvgIpc) is 2.47. The van der Waals surface area contributed by atoms with Crippen molar-refractivity contribution in [2.75, 3.05) is 0 Å². The molecule has 0 bridgehead atoms. The van der Waals surface area contributed by atoms with Crippen LogP contribution in [-0.2, 0) is 6.42 Å². The van der Waals surface area contributed by atoms with Gasteiger partial charge in [-0.1, -0.05) is 20.8 Å². The van der Waals surface area contributed by atoms with Gasteiger partial charge in [0, 0.05) is 6.20 Å². The second-order valence-electron chi connectivity index (χ2n) is 4.87. The van der Waals surface area contributed by atoms with E-state index in [9.17, 15) is 0 Å². The van der Waals surface area contributed by atoms with Gasteiger partial charge in [0.1, 0.15) is 6.33 Å². The second-order valence-corrected chi connectivity index (χ2v) is 4.87. The Morgan fingerprint density at radius 2 is 2.14 bits per heavy atom. The topological polar surface area (TPSA) is 30.2 Å². The second kappa shape index (κ2) is 3.08. The van der Waals surface area contributed by atoms with Crippen LogP contribution in [0.25, 0.3) is 5.65 Å². The first-order valence-corrected chi connectivity index (χ1v) is 4.83. The number of pyridine rings is 1. The van der Waals surface area contributed by atoms with Crippen LogP contribution in [0.5, 0.6) is 0 Å². The van der Waals surface area contributed by atoms with Crippen LogP contribution in [0.15, 0.2) is 24.7 Å². The van der Waals surface area contributed by atoms with Crippen molar-refractivity contribution in [3.8, 4) is 0 Å². The van der Waals surface area contributed by atoms with Gasteiger partial charge in [-0.3, -0.25) is 4.40 Å². The molecule has 0 fully saturated rings. The van der Waals surface area contributed by atoms with Crippen molar-refractivity contribution in [3.63, 3.8) is 0 Å². The summed E-state index contributed by atoms with van der Waals surface area (Å²) in [5, 5.41) is 7.87. The predicted molar refractivity (Wildman–Crippen MR) is 56.1 cm³/mol. The minimum absolute atomic E-state index is 0.318. The van der Waals surface area contributed by atoms with E-state index in [2.05, 4.69) is 43.1 Å². The molecule has 2 aromatic rings. The highest BCUT2D eigenvalue weighted by Crippen LogP contribution is 2.20. The predicted octanol–water partition coefficient (Wildman–Crippen LogP) is 2.32. The Morgan fingerprint density at radius 3 is 2.86 bits per heavy atom. The van der Waals surface area contributed by atoms with Crippen molar-refractivity contribution in [3.05, 3.63) is 30.2 Å². The third kappa shape index (κ3) is 1.92. The van der Waals surface area contributed by atoms with Crippen LogP contribution in [0.2, 0.25) is 0 Å². The molecule has 74 valence electrons. The van der Waals surface area contributed by atoms with Crippen LogP contribution in [0.1, 0.15) is 26.3 Å². The SMILES string of the molecule is CC(C)(C)Cc1ccn2cnnc2c1. The van der Waals surface area contributed by atoms with E-state index in [-0.39, 0.29) is 0 Å². The van der Waals surface area contributed by atoms with Crippen molar-refractivity contribution in [2.45, 2.75) is 27.2 Å². The normalized spacial score (nSPS) is 12.2. The summed E-state index contributed by atoms with van der Waals surface area (Å²) in [5.74, 6) is 0. The molecule has 0 saturated heterocycles.